The molecule has 3 atom stereocenters. The zero-order chi connectivity index (χ0) is 19.6. The van der Waals surface area contributed by atoms with Crippen LogP contribution < -0.4 is 10.6 Å². The molecule has 0 fully saturated rings. The molecular formula is C19H38N2O4. The Bertz CT molecular complexity index is 410. The fourth-order valence-corrected chi connectivity index (χ4v) is 2.48. The highest BCUT2D eigenvalue weighted by molar-refractivity contribution is 5.75. The molecular weight excluding hydrogens is 320 g/mol. The van der Waals surface area contributed by atoms with E-state index in [0.29, 0.717) is 13.2 Å². The van der Waals surface area contributed by atoms with Crippen LogP contribution in [0.1, 0.15) is 68.2 Å². The van der Waals surface area contributed by atoms with Crippen LogP contribution in [0, 0.1) is 5.41 Å². The van der Waals surface area contributed by atoms with Crippen LogP contribution >= 0.6 is 0 Å². The Morgan fingerprint density at radius 1 is 0.920 bits per heavy atom. The predicted molar refractivity (Wildman–Crippen MR) is 100 cm³/mol. The lowest BCUT2D eigenvalue weighted by Crippen LogP contribution is -2.42. The van der Waals surface area contributed by atoms with Gasteiger partial charge in [-0.1, -0.05) is 27.7 Å². The van der Waals surface area contributed by atoms with E-state index in [0.717, 1.165) is 12.8 Å². The molecule has 6 nitrogen and oxygen atoms in total. The van der Waals surface area contributed by atoms with Crippen molar-refractivity contribution in [3.63, 3.8) is 0 Å². The van der Waals surface area contributed by atoms with Gasteiger partial charge in [0.25, 0.3) is 0 Å². The van der Waals surface area contributed by atoms with E-state index >= 15 is 0 Å². The van der Waals surface area contributed by atoms with Crippen LogP contribution in [0.2, 0.25) is 0 Å². The smallest absolute Gasteiger partial charge is 0.322 e. The molecule has 2 N–H and O–H groups in total. The standard InChI is InChI=1S/C19H38N2O4/c1-9-24-17(22)16(6)21-14(4)10-11-19(7,8)12-25-18(23)15(5)20-13(2)3/h13-16,20-21H,9-12H2,1-8H3/t14-,15?,16-/m0/s1. The van der Waals surface area contributed by atoms with E-state index in [1.54, 1.807) is 6.92 Å². The SMILES string of the molecule is CCOC(=O)[C@H](C)N[C@@H](C)CCC(C)(C)COC(=O)C(C)NC(C)C. The van der Waals surface area contributed by atoms with Crippen LogP contribution in [0.4, 0.5) is 0 Å². The van der Waals surface area contributed by atoms with Gasteiger partial charge in [-0.2, -0.15) is 0 Å². The Balaban J connectivity index is 4.22. The molecule has 0 heterocycles. The number of carbonyl (C=O) groups excluding carboxylic acids is 2. The van der Waals surface area contributed by atoms with Crippen LogP contribution in [0.3, 0.4) is 0 Å². The van der Waals surface area contributed by atoms with Gasteiger partial charge < -0.3 is 20.1 Å². The summed E-state index contributed by atoms with van der Waals surface area (Å²) in [5, 5.41) is 6.39. The molecule has 0 aliphatic heterocycles. The number of nitrogens with one attached hydrogen (secondary N) is 2. The monoisotopic (exact) mass is 358 g/mol. The molecule has 0 amide bonds. The highest BCUT2D eigenvalue weighted by Crippen LogP contribution is 2.24. The van der Waals surface area contributed by atoms with Gasteiger partial charge in [-0.3, -0.25) is 9.59 Å². The summed E-state index contributed by atoms with van der Waals surface area (Å²) in [4.78, 5) is 23.6. The summed E-state index contributed by atoms with van der Waals surface area (Å²) < 4.78 is 10.5. The summed E-state index contributed by atoms with van der Waals surface area (Å²) in [5.74, 6) is -0.446. The topological polar surface area (TPSA) is 76.7 Å². The van der Waals surface area contributed by atoms with Gasteiger partial charge in [0, 0.05) is 12.1 Å². The lowest BCUT2D eigenvalue weighted by atomic mass is 9.87. The predicted octanol–water partition coefficient (Wildman–Crippen LogP) is 2.65. The van der Waals surface area contributed by atoms with E-state index in [4.69, 9.17) is 9.47 Å². The number of hydrogen-bond acceptors (Lipinski definition) is 6. The molecule has 0 saturated carbocycles. The number of hydrogen-bond donors (Lipinski definition) is 2. The van der Waals surface area contributed by atoms with Crippen molar-refractivity contribution in [1.29, 1.82) is 0 Å². The molecule has 0 aromatic carbocycles. The molecule has 1 unspecified atom stereocenters. The fourth-order valence-electron chi connectivity index (χ4n) is 2.48. The minimum absolute atomic E-state index is 0.115. The lowest BCUT2D eigenvalue weighted by molar-refractivity contribution is -0.149. The average molecular weight is 359 g/mol. The van der Waals surface area contributed by atoms with Crippen LogP contribution in [0.15, 0.2) is 0 Å². The number of ether oxygens (including phenoxy) is 2. The zero-order valence-corrected chi connectivity index (χ0v) is 17.3. The van der Waals surface area contributed by atoms with Gasteiger partial charge in [-0.05, 0) is 46.0 Å². The third-order valence-corrected chi connectivity index (χ3v) is 3.97. The first-order valence-electron chi connectivity index (χ1n) is 9.34. The molecule has 0 aliphatic rings. The molecule has 0 aromatic heterocycles. The number of rotatable bonds is 12. The van der Waals surface area contributed by atoms with Gasteiger partial charge in [-0.15, -0.1) is 0 Å². The minimum Gasteiger partial charge on any atom is -0.465 e. The Morgan fingerprint density at radius 2 is 1.44 bits per heavy atom. The second kappa shape index (κ2) is 11.5. The Hall–Kier alpha value is -1.14. The largest absolute Gasteiger partial charge is 0.465 e. The Morgan fingerprint density at radius 3 is 1.96 bits per heavy atom. The van der Waals surface area contributed by atoms with Crippen LogP contribution in [-0.4, -0.2) is 49.3 Å². The van der Waals surface area contributed by atoms with Crippen molar-refractivity contribution in [3.8, 4) is 0 Å². The fraction of sp³-hybridized carbons (Fsp3) is 0.895. The van der Waals surface area contributed by atoms with Crippen LogP contribution in [-0.2, 0) is 19.1 Å². The van der Waals surface area contributed by atoms with Gasteiger partial charge in [0.15, 0.2) is 0 Å². The van der Waals surface area contributed by atoms with Crippen molar-refractivity contribution in [2.75, 3.05) is 13.2 Å². The maximum absolute atomic E-state index is 12.0. The molecule has 0 aromatic rings. The summed E-state index contributed by atoms with van der Waals surface area (Å²) in [6.07, 6.45) is 1.77. The molecule has 6 heteroatoms. The van der Waals surface area contributed by atoms with Crippen molar-refractivity contribution in [3.05, 3.63) is 0 Å². The molecule has 0 radical (unpaired) electrons. The maximum atomic E-state index is 12.0. The molecule has 0 saturated heterocycles. The van der Waals surface area contributed by atoms with Crippen molar-refractivity contribution in [2.24, 2.45) is 5.41 Å². The van der Waals surface area contributed by atoms with Crippen LogP contribution in [0.25, 0.3) is 0 Å². The first-order chi connectivity index (χ1) is 11.5. The highest BCUT2D eigenvalue weighted by atomic mass is 16.5. The van der Waals surface area contributed by atoms with Crippen molar-refractivity contribution in [1.82, 2.24) is 10.6 Å². The second-order valence-electron chi connectivity index (χ2n) is 7.90. The normalized spacial score (nSPS) is 15.6. The molecule has 0 bridgehead atoms. The van der Waals surface area contributed by atoms with Gasteiger partial charge >= 0.3 is 11.9 Å². The van der Waals surface area contributed by atoms with E-state index in [1.807, 2.05) is 34.6 Å². The first-order valence-corrected chi connectivity index (χ1v) is 9.34. The van der Waals surface area contributed by atoms with Crippen LogP contribution in [0.5, 0.6) is 0 Å². The van der Waals surface area contributed by atoms with E-state index in [9.17, 15) is 9.59 Å². The van der Waals surface area contributed by atoms with Crippen molar-refractivity contribution >= 4 is 11.9 Å². The number of esters is 2. The van der Waals surface area contributed by atoms with Gasteiger partial charge in [0.05, 0.1) is 13.2 Å². The molecule has 148 valence electrons. The highest BCUT2D eigenvalue weighted by Gasteiger charge is 2.24. The molecule has 25 heavy (non-hydrogen) atoms. The van der Waals surface area contributed by atoms with Crippen molar-refractivity contribution < 1.29 is 19.1 Å². The summed E-state index contributed by atoms with van der Waals surface area (Å²) in [6, 6.07) is -0.208. The zero-order valence-electron chi connectivity index (χ0n) is 17.3. The average Bonchev–Trinajstić information content (AvgIpc) is 2.50. The Kier molecular flexibility index (Phi) is 10.9. The Labute approximate surface area is 153 Å². The summed E-state index contributed by atoms with van der Waals surface area (Å²) >= 11 is 0. The first kappa shape index (κ1) is 23.9. The quantitative estimate of drug-likeness (QED) is 0.522. The van der Waals surface area contributed by atoms with E-state index in [2.05, 4.69) is 24.5 Å². The second-order valence-corrected chi connectivity index (χ2v) is 7.90. The maximum Gasteiger partial charge on any atom is 0.322 e. The van der Waals surface area contributed by atoms with E-state index in [1.165, 1.54) is 0 Å². The van der Waals surface area contributed by atoms with E-state index < -0.39 is 0 Å². The van der Waals surface area contributed by atoms with E-state index in [-0.39, 0.29) is 41.5 Å². The number of carbonyl (C=O) groups is 2. The molecule has 0 rings (SSSR count). The van der Waals surface area contributed by atoms with Gasteiger partial charge in [-0.25, -0.2) is 0 Å². The summed E-state index contributed by atoms with van der Waals surface area (Å²) in [5.41, 5.74) is -0.115. The third-order valence-electron chi connectivity index (χ3n) is 3.97. The summed E-state index contributed by atoms with van der Waals surface area (Å²) in [7, 11) is 0. The molecule has 0 spiro atoms. The molecule has 0 aliphatic carbocycles. The van der Waals surface area contributed by atoms with Crippen molar-refractivity contribution in [2.45, 2.75) is 92.4 Å². The lowest BCUT2D eigenvalue weighted by Gasteiger charge is -2.27. The third kappa shape index (κ3) is 11.2. The van der Waals surface area contributed by atoms with Gasteiger partial charge in [0.1, 0.15) is 12.1 Å². The van der Waals surface area contributed by atoms with Gasteiger partial charge in [0.2, 0.25) is 0 Å². The summed E-state index contributed by atoms with van der Waals surface area (Å²) in [6.45, 7) is 16.4. The minimum atomic E-state index is -0.321.